The Kier molecular flexibility index (Phi) is 7.66. The number of hydrogen-bond acceptors (Lipinski definition) is 5. The Hall–Kier alpha value is -1.63. The first-order valence-corrected chi connectivity index (χ1v) is 12.2. The Morgan fingerprint density at radius 3 is 2.35 bits per heavy atom. The third-order valence-corrected chi connectivity index (χ3v) is 7.56. The van der Waals surface area contributed by atoms with Crippen LogP contribution in [0.1, 0.15) is 79.1 Å². The highest BCUT2D eigenvalue weighted by molar-refractivity contribution is 5.93. The van der Waals surface area contributed by atoms with E-state index in [-0.39, 0.29) is 29.6 Å². The number of nitrogens with zero attached hydrogens (tertiary/aromatic N) is 1. The summed E-state index contributed by atoms with van der Waals surface area (Å²) in [6, 6.07) is -1.88. The first-order chi connectivity index (χ1) is 14.6. The van der Waals surface area contributed by atoms with Crippen molar-refractivity contribution in [1.82, 2.24) is 10.2 Å². The average Bonchev–Trinajstić information content (AvgIpc) is 3.32. The van der Waals surface area contributed by atoms with Crippen molar-refractivity contribution in [3.63, 3.8) is 0 Å². The second-order valence-corrected chi connectivity index (χ2v) is 10.8. The number of carbonyl (C=O) groups is 3. The van der Waals surface area contributed by atoms with Crippen LogP contribution < -0.4 is 11.1 Å². The van der Waals surface area contributed by atoms with Gasteiger partial charge >= 0.3 is 5.97 Å². The fraction of sp³-hybridized carbons (Fsp3) is 0.875. The second kappa shape index (κ2) is 9.88. The fourth-order valence-electron chi connectivity index (χ4n) is 5.82. The van der Waals surface area contributed by atoms with Gasteiger partial charge in [0.25, 0.3) is 0 Å². The van der Waals surface area contributed by atoms with Gasteiger partial charge in [-0.3, -0.25) is 9.59 Å². The number of nitrogens with two attached hydrogens (primary N) is 1. The topological polar surface area (TPSA) is 102 Å². The van der Waals surface area contributed by atoms with E-state index in [0.29, 0.717) is 19.1 Å². The van der Waals surface area contributed by atoms with E-state index >= 15 is 0 Å². The van der Waals surface area contributed by atoms with Crippen molar-refractivity contribution in [3.8, 4) is 0 Å². The highest BCUT2D eigenvalue weighted by atomic mass is 16.5. The molecule has 7 heteroatoms. The number of rotatable bonds is 6. The molecule has 1 aliphatic heterocycles. The Morgan fingerprint density at radius 1 is 1.06 bits per heavy atom. The van der Waals surface area contributed by atoms with Crippen LogP contribution in [-0.4, -0.2) is 54.0 Å². The Bertz CT molecular complexity index is 668. The van der Waals surface area contributed by atoms with Crippen LogP contribution in [-0.2, 0) is 19.1 Å². The van der Waals surface area contributed by atoms with Crippen LogP contribution in [0.25, 0.3) is 0 Å². The summed E-state index contributed by atoms with van der Waals surface area (Å²) < 4.78 is 5.34. The molecule has 2 saturated carbocycles. The Labute approximate surface area is 186 Å². The number of hydrogen-bond donors (Lipinski definition) is 2. The van der Waals surface area contributed by atoms with Gasteiger partial charge < -0.3 is 20.7 Å². The summed E-state index contributed by atoms with van der Waals surface area (Å²) in [4.78, 5) is 41.3. The minimum absolute atomic E-state index is 0.156. The predicted molar refractivity (Wildman–Crippen MR) is 119 cm³/mol. The van der Waals surface area contributed by atoms with Gasteiger partial charge in [-0.2, -0.15) is 0 Å². The van der Waals surface area contributed by atoms with Crippen molar-refractivity contribution in [2.75, 3.05) is 13.2 Å². The molecule has 2 amide bonds. The van der Waals surface area contributed by atoms with Gasteiger partial charge in [-0.15, -0.1) is 0 Å². The van der Waals surface area contributed by atoms with Crippen molar-refractivity contribution < 1.29 is 19.1 Å². The number of nitrogens with one attached hydrogen (secondary N) is 1. The van der Waals surface area contributed by atoms with E-state index in [4.69, 9.17) is 10.5 Å². The van der Waals surface area contributed by atoms with Crippen LogP contribution in [0.15, 0.2) is 0 Å². The molecule has 3 N–H and O–H groups in total. The monoisotopic (exact) mass is 435 g/mol. The number of likely N-dealkylation sites (tertiary alicyclic amines) is 1. The summed E-state index contributed by atoms with van der Waals surface area (Å²) >= 11 is 0. The maximum absolute atomic E-state index is 13.7. The van der Waals surface area contributed by atoms with Gasteiger partial charge in [0.15, 0.2) is 0 Å². The van der Waals surface area contributed by atoms with E-state index in [0.717, 1.165) is 44.9 Å². The van der Waals surface area contributed by atoms with Gasteiger partial charge in [0.1, 0.15) is 12.1 Å². The highest BCUT2D eigenvalue weighted by Gasteiger charge is 2.52. The van der Waals surface area contributed by atoms with Gasteiger partial charge in [-0.05, 0) is 55.8 Å². The molecule has 1 heterocycles. The molecule has 0 aromatic rings. The van der Waals surface area contributed by atoms with E-state index in [1.165, 1.54) is 6.42 Å². The first kappa shape index (κ1) is 24.0. The molecule has 0 aromatic heterocycles. The van der Waals surface area contributed by atoms with Crippen LogP contribution in [0.2, 0.25) is 0 Å². The largest absolute Gasteiger partial charge is 0.464 e. The lowest BCUT2D eigenvalue weighted by Crippen LogP contribution is -2.60. The van der Waals surface area contributed by atoms with Gasteiger partial charge in [-0.1, -0.05) is 46.5 Å². The maximum Gasteiger partial charge on any atom is 0.329 e. The third-order valence-electron chi connectivity index (χ3n) is 7.56. The van der Waals surface area contributed by atoms with Crippen molar-refractivity contribution in [2.24, 2.45) is 28.9 Å². The van der Waals surface area contributed by atoms with Crippen LogP contribution >= 0.6 is 0 Å². The molecule has 0 bridgehead atoms. The third kappa shape index (κ3) is 5.24. The molecule has 1 unspecified atom stereocenters. The van der Waals surface area contributed by atoms with Crippen molar-refractivity contribution in [2.45, 2.75) is 97.2 Å². The summed E-state index contributed by atoms with van der Waals surface area (Å²) in [6.45, 7) is 8.47. The van der Waals surface area contributed by atoms with E-state index in [1.54, 1.807) is 11.8 Å². The number of esters is 1. The van der Waals surface area contributed by atoms with Crippen molar-refractivity contribution in [1.29, 1.82) is 0 Å². The molecule has 0 spiro atoms. The summed E-state index contributed by atoms with van der Waals surface area (Å²) in [5, 5.41) is 2.98. The number of ether oxygens (including phenoxy) is 1. The highest BCUT2D eigenvalue weighted by Crippen LogP contribution is 2.43. The zero-order chi connectivity index (χ0) is 22.8. The molecule has 0 radical (unpaired) electrons. The van der Waals surface area contributed by atoms with Crippen LogP contribution in [0.4, 0.5) is 0 Å². The fourth-order valence-corrected chi connectivity index (χ4v) is 5.82. The molecule has 2 aliphatic carbocycles. The smallest absolute Gasteiger partial charge is 0.329 e. The van der Waals surface area contributed by atoms with Crippen molar-refractivity contribution >= 4 is 17.8 Å². The molecule has 31 heavy (non-hydrogen) atoms. The van der Waals surface area contributed by atoms with Gasteiger partial charge in [-0.25, -0.2) is 4.79 Å². The van der Waals surface area contributed by atoms with Gasteiger partial charge in [0, 0.05) is 6.54 Å². The van der Waals surface area contributed by atoms with E-state index in [1.807, 2.05) is 20.8 Å². The molecule has 176 valence electrons. The molecule has 3 rings (SSSR count). The Morgan fingerprint density at radius 2 is 1.74 bits per heavy atom. The number of amides is 2. The summed E-state index contributed by atoms with van der Waals surface area (Å²) in [7, 11) is 0. The van der Waals surface area contributed by atoms with E-state index in [9.17, 15) is 14.4 Å². The van der Waals surface area contributed by atoms with Crippen LogP contribution in [0, 0.1) is 23.2 Å². The minimum atomic E-state index is -0.731. The predicted octanol–water partition coefficient (Wildman–Crippen LogP) is 2.62. The van der Waals surface area contributed by atoms with E-state index < -0.39 is 23.5 Å². The molecule has 0 aromatic carbocycles. The quantitative estimate of drug-likeness (QED) is 0.625. The lowest BCUT2D eigenvalue weighted by molar-refractivity contribution is -0.156. The molecule has 3 fully saturated rings. The zero-order valence-corrected chi connectivity index (χ0v) is 19.7. The lowest BCUT2D eigenvalue weighted by Gasteiger charge is -2.37. The zero-order valence-electron chi connectivity index (χ0n) is 19.7. The SMILES string of the molecule is CCOC(=O)C1[C@H]2CCC[C@H]2CN1C(=O)[C@@H](NC(=O)[C@@H](N)C1CCCCC1)C(C)(C)C. The number of fused-ring (bicyclic) bond motifs is 1. The normalized spacial score (nSPS) is 28.7. The van der Waals surface area contributed by atoms with E-state index in [2.05, 4.69) is 5.32 Å². The van der Waals surface area contributed by atoms with Gasteiger partial charge in [0.05, 0.1) is 12.6 Å². The molecule has 1 saturated heterocycles. The molecular weight excluding hydrogens is 394 g/mol. The molecular formula is C24H41N3O4. The average molecular weight is 436 g/mol. The number of carbonyl (C=O) groups excluding carboxylic acids is 3. The first-order valence-electron chi connectivity index (χ1n) is 12.2. The maximum atomic E-state index is 13.7. The standard InChI is InChI=1S/C24H41N3O4/c1-5-31-23(30)19-17-13-9-12-16(17)14-27(19)22(29)20(24(2,3)4)26-21(28)18(25)15-10-7-6-8-11-15/h15-20H,5-14,25H2,1-4H3,(H,26,28)/t16-,17-,18-,19?,20+/m0/s1. The second-order valence-electron chi connectivity index (χ2n) is 10.8. The van der Waals surface area contributed by atoms with Crippen LogP contribution in [0.3, 0.4) is 0 Å². The molecule has 3 aliphatic rings. The summed E-state index contributed by atoms with van der Waals surface area (Å²) in [5.74, 6) is -0.106. The lowest BCUT2D eigenvalue weighted by atomic mass is 9.82. The molecule has 5 atom stereocenters. The minimum Gasteiger partial charge on any atom is -0.464 e. The summed E-state index contributed by atoms with van der Waals surface area (Å²) in [5.41, 5.74) is 5.81. The summed E-state index contributed by atoms with van der Waals surface area (Å²) in [6.07, 6.45) is 8.38. The van der Waals surface area contributed by atoms with Gasteiger partial charge in [0.2, 0.25) is 11.8 Å². The van der Waals surface area contributed by atoms with Crippen molar-refractivity contribution in [3.05, 3.63) is 0 Å². The molecule has 7 nitrogen and oxygen atoms in total. The van der Waals surface area contributed by atoms with Crippen LogP contribution in [0.5, 0.6) is 0 Å². The Balaban J connectivity index is 1.77.